The molecule has 0 aliphatic carbocycles. The van der Waals surface area contributed by atoms with Gasteiger partial charge in [-0.05, 0) is 44.0 Å². The molecule has 0 saturated carbocycles. The van der Waals surface area contributed by atoms with Crippen LogP contribution in [0.2, 0.25) is 0 Å². The van der Waals surface area contributed by atoms with Crippen LogP contribution in [0.3, 0.4) is 0 Å². The Labute approximate surface area is 126 Å². The van der Waals surface area contributed by atoms with Crippen molar-refractivity contribution in [2.24, 2.45) is 5.41 Å². The highest BCUT2D eigenvalue weighted by atomic mass is 32.2. The molecule has 1 atom stereocenters. The summed E-state index contributed by atoms with van der Waals surface area (Å²) in [5.41, 5.74) is -0.126. The maximum Gasteiger partial charge on any atom is 0.311 e. The normalized spacial score (nSPS) is 14.4. The van der Waals surface area contributed by atoms with E-state index in [1.54, 1.807) is 31.2 Å². The van der Waals surface area contributed by atoms with Crippen LogP contribution in [0.4, 0.5) is 5.69 Å². The van der Waals surface area contributed by atoms with Crippen molar-refractivity contribution in [2.45, 2.75) is 38.5 Å². The molecule has 0 saturated heterocycles. The van der Waals surface area contributed by atoms with E-state index in [0.717, 1.165) is 0 Å². The van der Waals surface area contributed by atoms with Crippen molar-refractivity contribution in [2.75, 3.05) is 17.6 Å². The number of benzene rings is 1. The lowest BCUT2D eigenvalue weighted by Gasteiger charge is -2.23. The van der Waals surface area contributed by atoms with Gasteiger partial charge in [-0.2, -0.15) is 0 Å². The van der Waals surface area contributed by atoms with Gasteiger partial charge in [0.15, 0.2) is 9.84 Å². The van der Waals surface area contributed by atoms with Crippen LogP contribution < -0.4 is 5.32 Å². The Morgan fingerprint density at radius 1 is 1.24 bits per heavy atom. The first-order chi connectivity index (χ1) is 9.75. The summed E-state index contributed by atoms with van der Waals surface area (Å²) in [5, 5.41) is 12.3. The average molecular weight is 313 g/mol. The summed E-state index contributed by atoms with van der Waals surface area (Å²) in [6, 6.07) is 6.44. The van der Waals surface area contributed by atoms with E-state index in [0.29, 0.717) is 30.0 Å². The highest BCUT2D eigenvalue weighted by molar-refractivity contribution is 7.91. The lowest BCUT2D eigenvalue weighted by molar-refractivity contribution is -0.147. The van der Waals surface area contributed by atoms with Gasteiger partial charge in [0.25, 0.3) is 0 Å². The molecule has 1 aromatic rings. The summed E-state index contributed by atoms with van der Waals surface area (Å²) < 4.78 is 23.8. The van der Waals surface area contributed by atoms with Crippen LogP contribution in [0, 0.1) is 5.41 Å². The zero-order valence-electron chi connectivity index (χ0n) is 12.7. The minimum atomic E-state index is -3.21. The van der Waals surface area contributed by atoms with Crippen LogP contribution in [-0.4, -0.2) is 31.8 Å². The Hall–Kier alpha value is -1.56. The molecule has 1 rings (SSSR count). The van der Waals surface area contributed by atoms with E-state index in [1.807, 2.05) is 13.8 Å². The maximum atomic E-state index is 11.9. The molecule has 5 nitrogen and oxygen atoms in total. The van der Waals surface area contributed by atoms with Gasteiger partial charge in [0.05, 0.1) is 16.1 Å². The Morgan fingerprint density at radius 3 is 2.24 bits per heavy atom. The molecule has 118 valence electrons. The molecule has 6 heteroatoms. The van der Waals surface area contributed by atoms with Gasteiger partial charge in [0, 0.05) is 12.2 Å². The standard InChI is InChI=1S/C15H23NO4S/c1-4-10-21(19,20)13-8-6-12(7-9-13)16-11-15(3,5-2)14(17)18/h6-9,16H,4-5,10-11H2,1-3H3,(H,17,18). The average Bonchev–Trinajstić information content (AvgIpc) is 2.45. The Kier molecular flexibility index (Phi) is 5.78. The number of carboxylic acid groups (broad SMARTS) is 1. The molecule has 1 unspecified atom stereocenters. The monoisotopic (exact) mass is 313 g/mol. The van der Waals surface area contributed by atoms with Crippen molar-refractivity contribution in [3.8, 4) is 0 Å². The molecule has 0 aromatic heterocycles. The minimum Gasteiger partial charge on any atom is -0.481 e. The Bertz CT molecular complexity index is 580. The molecule has 0 aliphatic rings. The molecule has 0 heterocycles. The second kappa shape index (κ2) is 6.93. The highest BCUT2D eigenvalue weighted by Gasteiger charge is 2.30. The first kappa shape index (κ1) is 17.5. The molecular formula is C15H23NO4S. The largest absolute Gasteiger partial charge is 0.481 e. The third kappa shape index (κ3) is 4.46. The van der Waals surface area contributed by atoms with Crippen molar-refractivity contribution in [3.05, 3.63) is 24.3 Å². The second-order valence-corrected chi connectivity index (χ2v) is 7.53. The Balaban J connectivity index is 2.78. The predicted molar refractivity (Wildman–Crippen MR) is 83.3 cm³/mol. The molecule has 0 amide bonds. The van der Waals surface area contributed by atoms with Crippen LogP contribution in [-0.2, 0) is 14.6 Å². The van der Waals surface area contributed by atoms with Gasteiger partial charge in [0.2, 0.25) is 0 Å². The number of anilines is 1. The fraction of sp³-hybridized carbons (Fsp3) is 0.533. The summed E-state index contributed by atoms with van der Waals surface area (Å²) in [6.45, 7) is 5.63. The highest BCUT2D eigenvalue weighted by Crippen LogP contribution is 2.23. The van der Waals surface area contributed by atoms with Crippen molar-refractivity contribution in [1.82, 2.24) is 0 Å². The number of aliphatic carboxylic acids is 1. The van der Waals surface area contributed by atoms with Crippen LogP contribution in [0.25, 0.3) is 0 Å². The molecule has 0 aliphatic heterocycles. The van der Waals surface area contributed by atoms with Crippen LogP contribution in [0.5, 0.6) is 0 Å². The summed E-state index contributed by atoms with van der Waals surface area (Å²) in [6.07, 6.45) is 1.09. The van der Waals surface area contributed by atoms with Gasteiger partial charge in [-0.25, -0.2) is 8.42 Å². The molecule has 21 heavy (non-hydrogen) atoms. The quantitative estimate of drug-likeness (QED) is 0.771. The van der Waals surface area contributed by atoms with Crippen LogP contribution in [0.15, 0.2) is 29.2 Å². The van der Waals surface area contributed by atoms with Crippen molar-refractivity contribution in [3.63, 3.8) is 0 Å². The third-order valence-electron chi connectivity index (χ3n) is 3.67. The fourth-order valence-corrected chi connectivity index (χ4v) is 3.14. The summed E-state index contributed by atoms with van der Waals surface area (Å²) in [5.74, 6) is -0.716. The number of sulfone groups is 1. The number of carboxylic acids is 1. The predicted octanol–water partition coefficient (Wildman–Crippen LogP) is 2.78. The molecular weight excluding hydrogens is 290 g/mol. The van der Waals surface area contributed by atoms with E-state index in [2.05, 4.69) is 5.32 Å². The van der Waals surface area contributed by atoms with E-state index in [9.17, 15) is 18.3 Å². The van der Waals surface area contributed by atoms with Gasteiger partial charge in [-0.3, -0.25) is 4.79 Å². The Morgan fingerprint density at radius 2 is 1.81 bits per heavy atom. The van der Waals surface area contributed by atoms with Crippen LogP contribution in [0.1, 0.15) is 33.6 Å². The zero-order valence-corrected chi connectivity index (χ0v) is 13.5. The molecule has 0 fully saturated rings. The number of hydrogen-bond donors (Lipinski definition) is 2. The van der Waals surface area contributed by atoms with Gasteiger partial charge in [-0.1, -0.05) is 13.8 Å². The number of nitrogens with one attached hydrogen (secondary N) is 1. The zero-order chi connectivity index (χ0) is 16.1. The second-order valence-electron chi connectivity index (χ2n) is 5.42. The summed E-state index contributed by atoms with van der Waals surface area (Å²) in [7, 11) is -3.21. The molecule has 1 aromatic carbocycles. The lowest BCUT2D eigenvalue weighted by Crippen LogP contribution is -2.34. The van der Waals surface area contributed by atoms with E-state index in [1.165, 1.54) is 0 Å². The maximum absolute atomic E-state index is 11.9. The number of hydrogen-bond acceptors (Lipinski definition) is 4. The molecule has 0 radical (unpaired) electrons. The fourth-order valence-electron chi connectivity index (χ4n) is 1.82. The van der Waals surface area contributed by atoms with E-state index < -0.39 is 21.2 Å². The first-order valence-corrected chi connectivity index (χ1v) is 8.70. The first-order valence-electron chi connectivity index (χ1n) is 7.05. The van der Waals surface area contributed by atoms with Gasteiger partial charge in [-0.15, -0.1) is 0 Å². The lowest BCUT2D eigenvalue weighted by atomic mass is 9.87. The topological polar surface area (TPSA) is 83.5 Å². The van der Waals surface area contributed by atoms with E-state index >= 15 is 0 Å². The molecule has 0 bridgehead atoms. The third-order valence-corrected chi connectivity index (χ3v) is 5.60. The van der Waals surface area contributed by atoms with Gasteiger partial charge < -0.3 is 10.4 Å². The summed E-state index contributed by atoms with van der Waals surface area (Å²) in [4.78, 5) is 11.5. The number of rotatable bonds is 8. The van der Waals surface area contributed by atoms with Gasteiger partial charge in [0.1, 0.15) is 0 Å². The van der Waals surface area contributed by atoms with E-state index in [-0.39, 0.29) is 5.75 Å². The molecule has 0 spiro atoms. The number of carbonyl (C=O) groups is 1. The smallest absolute Gasteiger partial charge is 0.311 e. The summed E-state index contributed by atoms with van der Waals surface area (Å²) >= 11 is 0. The van der Waals surface area contributed by atoms with Crippen LogP contribution >= 0.6 is 0 Å². The van der Waals surface area contributed by atoms with Crippen molar-refractivity contribution >= 4 is 21.5 Å². The SMILES string of the molecule is CCCS(=O)(=O)c1ccc(NCC(C)(CC)C(=O)O)cc1. The van der Waals surface area contributed by atoms with E-state index in [4.69, 9.17) is 0 Å². The van der Waals surface area contributed by atoms with Crippen molar-refractivity contribution in [1.29, 1.82) is 0 Å². The van der Waals surface area contributed by atoms with Crippen molar-refractivity contribution < 1.29 is 18.3 Å². The van der Waals surface area contributed by atoms with Gasteiger partial charge >= 0.3 is 5.97 Å². The minimum absolute atomic E-state index is 0.132. The molecule has 2 N–H and O–H groups in total.